The largest absolute Gasteiger partial charge is 0.469 e. The average Bonchev–Trinajstić information content (AvgIpc) is 2.52. The van der Waals surface area contributed by atoms with Crippen LogP contribution in [-0.4, -0.2) is 19.1 Å². The second-order valence-corrected chi connectivity index (χ2v) is 5.89. The number of methoxy groups -OCH3 is 1. The molecule has 0 spiro atoms. The van der Waals surface area contributed by atoms with Gasteiger partial charge in [-0.25, -0.2) is 4.79 Å². The molecule has 2 rings (SSSR count). The summed E-state index contributed by atoms with van der Waals surface area (Å²) in [6.07, 6.45) is 0.168. The van der Waals surface area contributed by atoms with Crippen LogP contribution in [0.3, 0.4) is 0 Å². The van der Waals surface area contributed by atoms with E-state index in [9.17, 15) is 9.59 Å². The minimum atomic E-state index is -0.417. The number of rotatable bonds is 4. The molecule has 2 aromatic rings. The summed E-state index contributed by atoms with van der Waals surface area (Å²) in [5.41, 5.74) is 1.87. The number of ether oxygens (including phenoxy) is 1. The van der Waals surface area contributed by atoms with Crippen molar-refractivity contribution in [3.8, 4) is 0 Å². The number of esters is 1. The summed E-state index contributed by atoms with van der Waals surface area (Å²) >= 11 is 9.36. The first-order valence-electron chi connectivity index (χ1n) is 6.67. The van der Waals surface area contributed by atoms with Gasteiger partial charge in [0.2, 0.25) is 0 Å². The summed E-state index contributed by atoms with van der Waals surface area (Å²) in [4.78, 5) is 23.3. The first-order valence-corrected chi connectivity index (χ1v) is 7.84. The van der Waals surface area contributed by atoms with Crippen LogP contribution in [0.5, 0.6) is 0 Å². The van der Waals surface area contributed by atoms with Gasteiger partial charge in [-0.3, -0.25) is 4.79 Å². The fourth-order valence-electron chi connectivity index (χ4n) is 1.85. The van der Waals surface area contributed by atoms with E-state index in [0.717, 1.165) is 5.56 Å². The SMILES string of the molecule is COC(=O)Cc1ccc(NC(=O)Nc2ccccc2Cl)c(Br)c1. The molecule has 0 fully saturated rings. The first-order chi connectivity index (χ1) is 11.0. The molecule has 0 aliphatic carbocycles. The molecule has 0 heterocycles. The van der Waals surface area contributed by atoms with E-state index in [0.29, 0.717) is 20.9 Å². The molecule has 7 heteroatoms. The Kier molecular flexibility index (Phi) is 6.01. The zero-order valence-electron chi connectivity index (χ0n) is 12.2. The van der Waals surface area contributed by atoms with Gasteiger partial charge in [-0.1, -0.05) is 29.8 Å². The molecule has 120 valence electrons. The highest BCUT2D eigenvalue weighted by Gasteiger charge is 2.10. The van der Waals surface area contributed by atoms with Crippen LogP contribution in [0.15, 0.2) is 46.9 Å². The van der Waals surface area contributed by atoms with E-state index in [1.54, 1.807) is 42.5 Å². The van der Waals surface area contributed by atoms with E-state index in [4.69, 9.17) is 11.6 Å². The lowest BCUT2D eigenvalue weighted by molar-refractivity contribution is -0.139. The molecule has 0 aliphatic heterocycles. The molecule has 23 heavy (non-hydrogen) atoms. The summed E-state index contributed by atoms with van der Waals surface area (Å²) < 4.78 is 5.28. The van der Waals surface area contributed by atoms with Gasteiger partial charge in [0.1, 0.15) is 0 Å². The lowest BCUT2D eigenvalue weighted by atomic mass is 10.1. The fraction of sp³-hybridized carbons (Fsp3) is 0.125. The van der Waals surface area contributed by atoms with Crippen LogP contribution in [0.4, 0.5) is 16.2 Å². The number of carbonyl (C=O) groups is 2. The number of anilines is 2. The molecule has 0 radical (unpaired) electrons. The third kappa shape index (κ3) is 4.97. The minimum absolute atomic E-state index is 0.168. The number of para-hydroxylation sites is 1. The van der Waals surface area contributed by atoms with E-state index in [2.05, 4.69) is 31.3 Å². The van der Waals surface area contributed by atoms with Crippen molar-refractivity contribution < 1.29 is 14.3 Å². The number of benzene rings is 2. The molecule has 2 aromatic carbocycles. The fourth-order valence-corrected chi connectivity index (χ4v) is 2.56. The summed E-state index contributed by atoms with van der Waals surface area (Å²) in [7, 11) is 1.34. The van der Waals surface area contributed by atoms with Gasteiger partial charge < -0.3 is 15.4 Å². The maximum atomic E-state index is 12.0. The van der Waals surface area contributed by atoms with Crippen LogP contribution < -0.4 is 10.6 Å². The quantitative estimate of drug-likeness (QED) is 0.748. The predicted molar refractivity (Wildman–Crippen MR) is 94.0 cm³/mol. The molecule has 2 amide bonds. The van der Waals surface area contributed by atoms with E-state index < -0.39 is 6.03 Å². The van der Waals surface area contributed by atoms with Crippen LogP contribution in [0.1, 0.15) is 5.56 Å². The van der Waals surface area contributed by atoms with E-state index in [1.165, 1.54) is 7.11 Å². The Balaban J connectivity index is 2.04. The standard InChI is InChI=1S/C16H14BrClN2O3/c1-23-15(21)9-10-6-7-13(11(17)8-10)19-16(22)20-14-5-3-2-4-12(14)18/h2-8H,9H2,1H3,(H2,19,20,22). The number of halogens is 2. The van der Waals surface area contributed by atoms with Crippen LogP contribution in [0.2, 0.25) is 5.02 Å². The Morgan fingerprint density at radius 2 is 1.83 bits per heavy atom. The van der Waals surface area contributed by atoms with Gasteiger partial charge in [0.25, 0.3) is 0 Å². The third-order valence-electron chi connectivity index (χ3n) is 2.98. The lowest BCUT2D eigenvalue weighted by Crippen LogP contribution is -2.20. The van der Waals surface area contributed by atoms with Gasteiger partial charge >= 0.3 is 12.0 Å². The van der Waals surface area contributed by atoms with Gasteiger partial charge in [-0.2, -0.15) is 0 Å². The van der Waals surface area contributed by atoms with Crippen LogP contribution in [-0.2, 0) is 16.0 Å². The normalized spacial score (nSPS) is 10.0. The molecule has 0 aromatic heterocycles. The zero-order valence-corrected chi connectivity index (χ0v) is 14.6. The molecule has 2 N–H and O–H groups in total. The van der Waals surface area contributed by atoms with Crippen molar-refractivity contribution in [3.05, 3.63) is 57.5 Å². The third-order valence-corrected chi connectivity index (χ3v) is 3.97. The Bertz CT molecular complexity index is 737. The summed E-state index contributed by atoms with van der Waals surface area (Å²) in [6, 6.07) is 11.7. The molecule has 5 nitrogen and oxygen atoms in total. The second kappa shape index (κ2) is 7.99. The smallest absolute Gasteiger partial charge is 0.323 e. The topological polar surface area (TPSA) is 67.4 Å². The molecule has 0 unspecified atom stereocenters. The summed E-state index contributed by atoms with van der Waals surface area (Å²) in [6.45, 7) is 0. The molecular formula is C16H14BrClN2O3. The Labute approximate surface area is 147 Å². The van der Waals surface area contributed by atoms with Crippen LogP contribution >= 0.6 is 27.5 Å². The number of carbonyl (C=O) groups excluding carboxylic acids is 2. The van der Waals surface area contributed by atoms with Crippen molar-refractivity contribution in [1.82, 2.24) is 0 Å². The highest BCUT2D eigenvalue weighted by atomic mass is 79.9. The van der Waals surface area contributed by atoms with Crippen LogP contribution in [0.25, 0.3) is 0 Å². The summed E-state index contributed by atoms with van der Waals surface area (Å²) in [5, 5.41) is 5.83. The van der Waals surface area contributed by atoms with Crippen LogP contribution in [0, 0.1) is 0 Å². The number of nitrogens with one attached hydrogen (secondary N) is 2. The number of hydrogen-bond acceptors (Lipinski definition) is 3. The molecule has 0 bridgehead atoms. The minimum Gasteiger partial charge on any atom is -0.469 e. The van der Waals surface area contributed by atoms with Crippen molar-refractivity contribution in [3.63, 3.8) is 0 Å². The van der Waals surface area contributed by atoms with Gasteiger partial charge in [0, 0.05) is 4.47 Å². The monoisotopic (exact) mass is 396 g/mol. The van der Waals surface area contributed by atoms with Gasteiger partial charge in [-0.15, -0.1) is 0 Å². The Morgan fingerprint density at radius 3 is 2.48 bits per heavy atom. The number of urea groups is 1. The number of hydrogen-bond donors (Lipinski definition) is 2. The average molecular weight is 398 g/mol. The first kappa shape index (κ1) is 17.3. The van der Waals surface area contributed by atoms with Gasteiger partial charge in [-0.05, 0) is 45.8 Å². The Hall–Kier alpha value is -2.05. The highest BCUT2D eigenvalue weighted by molar-refractivity contribution is 9.10. The predicted octanol–water partition coefficient (Wildman–Crippen LogP) is 4.46. The number of amides is 2. The highest BCUT2D eigenvalue weighted by Crippen LogP contribution is 2.25. The van der Waals surface area contributed by atoms with Crippen molar-refractivity contribution in [2.24, 2.45) is 0 Å². The van der Waals surface area contributed by atoms with Crippen molar-refractivity contribution in [2.75, 3.05) is 17.7 Å². The van der Waals surface area contributed by atoms with E-state index in [1.807, 2.05) is 0 Å². The molecule has 0 atom stereocenters. The van der Waals surface area contributed by atoms with Gasteiger partial charge in [0.15, 0.2) is 0 Å². The molecule has 0 saturated heterocycles. The molecular weight excluding hydrogens is 384 g/mol. The van der Waals surface area contributed by atoms with E-state index in [-0.39, 0.29) is 12.4 Å². The van der Waals surface area contributed by atoms with E-state index >= 15 is 0 Å². The second-order valence-electron chi connectivity index (χ2n) is 4.63. The van der Waals surface area contributed by atoms with Crippen molar-refractivity contribution in [2.45, 2.75) is 6.42 Å². The maximum Gasteiger partial charge on any atom is 0.323 e. The Morgan fingerprint density at radius 1 is 1.13 bits per heavy atom. The van der Waals surface area contributed by atoms with Gasteiger partial charge in [0.05, 0.1) is 29.9 Å². The van der Waals surface area contributed by atoms with Crippen molar-refractivity contribution in [1.29, 1.82) is 0 Å². The zero-order chi connectivity index (χ0) is 16.8. The molecule has 0 saturated carbocycles. The molecule has 0 aliphatic rings. The summed E-state index contributed by atoms with van der Waals surface area (Å²) in [5.74, 6) is -0.325. The van der Waals surface area contributed by atoms with Crippen molar-refractivity contribution >= 4 is 50.9 Å². The maximum absolute atomic E-state index is 12.0. The lowest BCUT2D eigenvalue weighted by Gasteiger charge is -2.11.